The van der Waals surface area contributed by atoms with Crippen molar-refractivity contribution < 1.29 is 9.53 Å². The van der Waals surface area contributed by atoms with Crippen molar-refractivity contribution in [1.29, 1.82) is 0 Å². The monoisotopic (exact) mass is 204 g/mol. The van der Waals surface area contributed by atoms with E-state index in [0.29, 0.717) is 19.3 Å². The lowest BCUT2D eigenvalue weighted by Gasteiger charge is -2.05. The van der Waals surface area contributed by atoms with Gasteiger partial charge in [-0.15, -0.1) is 19.7 Å². The third-order valence-corrected chi connectivity index (χ3v) is 2.38. The van der Waals surface area contributed by atoms with Crippen LogP contribution < -0.4 is 0 Å². The Labute approximate surface area is 90.6 Å². The van der Waals surface area contributed by atoms with E-state index in [1.165, 1.54) is 0 Å². The molecule has 1 heterocycles. The van der Waals surface area contributed by atoms with Crippen LogP contribution in [0.2, 0.25) is 0 Å². The molecule has 0 bridgehead atoms. The predicted molar refractivity (Wildman–Crippen MR) is 61.1 cm³/mol. The number of carbonyl (C=O) groups is 1. The lowest BCUT2D eigenvalue weighted by molar-refractivity contribution is -0.140. The fourth-order valence-electron chi connectivity index (χ4n) is 1.72. The minimum Gasteiger partial charge on any atom is -0.430 e. The maximum atomic E-state index is 11.6. The highest BCUT2D eigenvalue weighted by atomic mass is 16.5. The number of esters is 1. The van der Waals surface area contributed by atoms with E-state index >= 15 is 0 Å². The highest BCUT2D eigenvalue weighted by Gasteiger charge is 2.32. The van der Waals surface area contributed by atoms with Crippen LogP contribution in [0.3, 0.4) is 0 Å². The normalized spacial score (nSPS) is 20.0. The molecule has 0 aromatic carbocycles. The summed E-state index contributed by atoms with van der Waals surface area (Å²) in [7, 11) is 0. The first-order chi connectivity index (χ1) is 7.24. The maximum Gasteiger partial charge on any atom is 0.318 e. The molecule has 2 heteroatoms. The number of allylic oxidation sites excluding steroid dienone is 3. The van der Waals surface area contributed by atoms with E-state index in [-0.39, 0.29) is 11.9 Å². The molecule has 1 rings (SSSR count). The summed E-state index contributed by atoms with van der Waals surface area (Å²) < 4.78 is 5.21. The summed E-state index contributed by atoms with van der Waals surface area (Å²) in [6, 6.07) is 0. The molecule has 0 fully saturated rings. The second kappa shape index (κ2) is 5.35. The molecule has 0 N–H and O–H groups in total. The number of ether oxygens (including phenoxy) is 1. The molecular formula is C13H16O2. The minimum absolute atomic E-state index is 0.171. The van der Waals surface area contributed by atoms with Gasteiger partial charge in [-0.1, -0.05) is 18.2 Å². The largest absolute Gasteiger partial charge is 0.430 e. The van der Waals surface area contributed by atoms with Crippen molar-refractivity contribution in [2.24, 2.45) is 5.92 Å². The van der Waals surface area contributed by atoms with Crippen molar-refractivity contribution in [1.82, 2.24) is 0 Å². The molecule has 2 nitrogen and oxygen atoms in total. The van der Waals surface area contributed by atoms with E-state index in [2.05, 4.69) is 19.7 Å². The van der Waals surface area contributed by atoms with Crippen LogP contribution in [0.5, 0.6) is 0 Å². The number of carbonyl (C=O) groups excluding carboxylic acids is 1. The molecule has 1 unspecified atom stereocenters. The lowest BCUT2D eigenvalue weighted by Crippen LogP contribution is -2.10. The predicted octanol–water partition coefficient (Wildman–Crippen LogP) is 3.14. The van der Waals surface area contributed by atoms with Gasteiger partial charge in [0.2, 0.25) is 0 Å². The number of hydrogen-bond acceptors (Lipinski definition) is 2. The zero-order chi connectivity index (χ0) is 11.3. The first-order valence-corrected chi connectivity index (χ1v) is 5.00. The van der Waals surface area contributed by atoms with E-state index in [9.17, 15) is 4.79 Å². The quantitative estimate of drug-likeness (QED) is 0.490. The highest BCUT2D eigenvalue weighted by molar-refractivity contribution is 5.80. The average Bonchev–Trinajstić information content (AvgIpc) is 2.48. The van der Waals surface area contributed by atoms with Crippen LogP contribution in [0.4, 0.5) is 0 Å². The summed E-state index contributed by atoms with van der Waals surface area (Å²) in [5.41, 5.74) is 1.02. The van der Waals surface area contributed by atoms with E-state index in [0.717, 1.165) is 11.3 Å². The Morgan fingerprint density at radius 3 is 2.33 bits per heavy atom. The summed E-state index contributed by atoms with van der Waals surface area (Å²) >= 11 is 0. The third kappa shape index (κ3) is 2.46. The van der Waals surface area contributed by atoms with Crippen LogP contribution in [-0.4, -0.2) is 5.97 Å². The molecule has 0 aliphatic carbocycles. The lowest BCUT2D eigenvalue weighted by atomic mass is 9.93. The summed E-state index contributed by atoms with van der Waals surface area (Å²) in [4.78, 5) is 11.6. The van der Waals surface area contributed by atoms with Crippen LogP contribution in [0.1, 0.15) is 19.3 Å². The van der Waals surface area contributed by atoms with Gasteiger partial charge in [0.1, 0.15) is 5.76 Å². The molecular weight excluding hydrogens is 188 g/mol. The second-order valence-electron chi connectivity index (χ2n) is 3.43. The molecule has 1 aliphatic heterocycles. The maximum absolute atomic E-state index is 11.6. The Hall–Kier alpha value is -1.57. The molecule has 1 aliphatic rings. The van der Waals surface area contributed by atoms with Gasteiger partial charge in [0.15, 0.2) is 0 Å². The summed E-state index contributed by atoms with van der Waals surface area (Å²) in [5, 5.41) is 0. The van der Waals surface area contributed by atoms with Crippen molar-refractivity contribution in [2.45, 2.75) is 19.3 Å². The summed E-state index contributed by atoms with van der Waals surface area (Å²) in [6.07, 6.45) is 7.18. The molecule has 0 saturated carbocycles. The fourth-order valence-corrected chi connectivity index (χ4v) is 1.72. The van der Waals surface area contributed by atoms with E-state index in [1.54, 1.807) is 18.2 Å². The van der Waals surface area contributed by atoms with Gasteiger partial charge < -0.3 is 4.74 Å². The van der Waals surface area contributed by atoms with Gasteiger partial charge in [0.05, 0.1) is 5.92 Å². The van der Waals surface area contributed by atoms with Crippen LogP contribution >= 0.6 is 0 Å². The van der Waals surface area contributed by atoms with Crippen LogP contribution in [0, 0.1) is 5.92 Å². The number of cyclic esters (lactones) is 1. The molecule has 0 aromatic heterocycles. The number of hydrogen-bond donors (Lipinski definition) is 0. The highest BCUT2D eigenvalue weighted by Crippen LogP contribution is 2.33. The molecule has 0 spiro atoms. The first-order valence-electron chi connectivity index (χ1n) is 5.00. The molecule has 0 amide bonds. The smallest absolute Gasteiger partial charge is 0.318 e. The second-order valence-corrected chi connectivity index (χ2v) is 3.43. The first kappa shape index (κ1) is 11.5. The Balaban J connectivity index is 2.93. The minimum atomic E-state index is -0.177. The Bertz CT molecular complexity index is 323. The molecule has 0 radical (unpaired) electrons. The van der Waals surface area contributed by atoms with E-state index < -0.39 is 0 Å². The van der Waals surface area contributed by atoms with Gasteiger partial charge >= 0.3 is 5.97 Å². The Morgan fingerprint density at radius 2 is 1.80 bits per heavy atom. The van der Waals surface area contributed by atoms with Crippen molar-refractivity contribution >= 4 is 5.97 Å². The Morgan fingerprint density at radius 1 is 1.13 bits per heavy atom. The molecule has 0 aromatic rings. The topological polar surface area (TPSA) is 26.3 Å². The third-order valence-electron chi connectivity index (χ3n) is 2.38. The molecule has 0 saturated heterocycles. The van der Waals surface area contributed by atoms with Gasteiger partial charge in [-0.25, -0.2) is 0 Å². The zero-order valence-corrected chi connectivity index (χ0v) is 8.87. The Kier molecular flexibility index (Phi) is 4.10. The van der Waals surface area contributed by atoms with Crippen LogP contribution in [-0.2, 0) is 9.53 Å². The van der Waals surface area contributed by atoms with Crippen molar-refractivity contribution in [2.75, 3.05) is 0 Å². The zero-order valence-electron chi connectivity index (χ0n) is 8.87. The summed E-state index contributed by atoms with van der Waals surface area (Å²) in [6.45, 7) is 11.0. The average molecular weight is 204 g/mol. The van der Waals surface area contributed by atoms with E-state index in [1.807, 2.05) is 0 Å². The van der Waals surface area contributed by atoms with Gasteiger partial charge in [0, 0.05) is 6.42 Å². The van der Waals surface area contributed by atoms with Crippen LogP contribution in [0.15, 0.2) is 49.3 Å². The van der Waals surface area contributed by atoms with Gasteiger partial charge in [-0.3, -0.25) is 4.79 Å². The molecule has 15 heavy (non-hydrogen) atoms. The molecule has 1 atom stereocenters. The molecule has 80 valence electrons. The van der Waals surface area contributed by atoms with Gasteiger partial charge in [0.25, 0.3) is 0 Å². The van der Waals surface area contributed by atoms with Crippen molar-refractivity contribution in [3.8, 4) is 0 Å². The summed E-state index contributed by atoms with van der Waals surface area (Å²) in [5.74, 6) is 0.390. The van der Waals surface area contributed by atoms with Gasteiger partial charge in [-0.05, 0) is 18.4 Å². The van der Waals surface area contributed by atoms with Crippen LogP contribution in [0.25, 0.3) is 0 Å². The SMILES string of the molecule is C=CCC1=C(CC=C)C(CC=C)C(=O)O1. The van der Waals surface area contributed by atoms with E-state index in [4.69, 9.17) is 4.74 Å². The standard InChI is InChI=1S/C13H16O2/c1-4-7-10-11(8-5-2)13(14)15-12(10)9-6-3/h4-6,11H,1-3,7-9H2. The van der Waals surface area contributed by atoms with Crippen molar-refractivity contribution in [3.05, 3.63) is 49.3 Å². The van der Waals surface area contributed by atoms with Crippen molar-refractivity contribution in [3.63, 3.8) is 0 Å². The number of rotatable bonds is 6. The van der Waals surface area contributed by atoms with Gasteiger partial charge in [-0.2, -0.15) is 0 Å². The fraction of sp³-hybridized carbons (Fsp3) is 0.308.